The highest BCUT2D eigenvalue weighted by molar-refractivity contribution is 7.99. The minimum absolute atomic E-state index is 0.0809. The molecule has 1 aliphatic rings. The Morgan fingerprint density at radius 2 is 2.35 bits per heavy atom. The number of benzene rings is 1. The fourth-order valence-corrected chi connectivity index (χ4v) is 2.80. The molecule has 1 N–H and O–H groups in total. The van der Waals surface area contributed by atoms with Gasteiger partial charge in [0.15, 0.2) is 5.16 Å². The maximum atomic E-state index is 11.9. The number of nitrogens with one attached hydrogen (secondary N) is 1. The number of anilines is 1. The van der Waals surface area contributed by atoms with Crippen molar-refractivity contribution in [3.63, 3.8) is 0 Å². The van der Waals surface area contributed by atoms with Crippen molar-refractivity contribution in [1.82, 2.24) is 14.8 Å². The van der Waals surface area contributed by atoms with Gasteiger partial charge in [-0.25, -0.2) is 0 Å². The third kappa shape index (κ3) is 3.32. The lowest BCUT2D eigenvalue weighted by Gasteiger charge is -2.06. The third-order valence-corrected chi connectivity index (χ3v) is 4.11. The Kier molecular flexibility index (Phi) is 3.93. The van der Waals surface area contributed by atoms with E-state index < -0.39 is 0 Å². The van der Waals surface area contributed by atoms with Crippen LogP contribution >= 0.6 is 23.4 Å². The second kappa shape index (κ2) is 5.85. The number of amides is 1. The summed E-state index contributed by atoms with van der Waals surface area (Å²) < 4.78 is 2.04. The average Bonchev–Trinajstić information content (AvgIpc) is 3.15. The number of nitrogens with zero attached hydrogens (tertiary/aromatic N) is 3. The van der Waals surface area contributed by atoms with Gasteiger partial charge in [0.05, 0.1) is 5.75 Å². The molecule has 1 aromatic heterocycles. The van der Waals surface area contributed by atoms with Crippen molar-refractivity contribution in [1.29, 1.82) is 0 Å². The van der Waals surface area contributed by atoms with E-state index in [1.54, 1.807) is 30.6 Å². The Hall–Kier alpha value is -1.53. The van der Waals surface area contributed by atoms with Crippen LogP contribution in [0.3, 0.4) is 0 Å². The molecule has 0 radical (unpaired) electrons. The standard InChI is InChI=1S/C13H13ClN4OS/c14-9-2-1-3-10(6-9)16-12(19)7-20-13-17-15-8-18(13)11-4-5-11/h1-3,6,8,11H,4-5,7H2,(H,16,19). The van der Waals surface area contributed by atoms with Crippen LogP contribution in [0.15, 0.2) is 35.7 Å². The fourth-order valence-electron chi connectivity index (χ4n) is 1.83. The van der Waals surface area contributed by atoms with Crippen LogP contribution in [-0.4, -0.2) is 26.4 Å². The number of thioether (sulfide) groups is 1. The molecule has 0 spiro atoms. The maximum absolute atomic E-state index is 11.9. The Morgan fingerprint density at radius 3 is 3.10 bits per heavy atom. The summed E-state index contributed by atoms with van der Waals surface area (Å²) in [5, 5.41) is 12.2. The van der Waals surface area contributed by atoms with E-state index in [4.69, 9.17) is 11.6 Å². The summed E-state index contributed by atoms with van der Waals surface area (Å²) in [5.74, 6) is 0.223. The summed E-state index contributed by atoms with van der Waals surface area (Å²) in [6.07, 6.45) is 4.06. The van der Waals surface area contributed by atoms with Gasteiger partial charge >= 0.3 is 0 Å². The van der Waals surface area contributed by atoms with Gasteiger partial charge in [0.2, 0.25) is 5.91 Å². The molecule has 0 saturated heterocycles. The molecule has 1 saturated carbocycles. The molecule has 0 unspecified atom stereocenters. The normalized spacial score (nSPS) is 14.2. The minimum Gasteiger partial charge on any atom is -0.325 e. The van der Waals surface area contributed by atoms with Crippen LogP contribution in [0.1, 0.15) is 18.9 Å². The van der Waals surface area contributed by atoms with E-state index in [1.807, 2.05) is 4.57 Å². The second-order valence-corrected chi connectivity index (χ2v) is 5.98. The Morgan fingerprint density at radius 1 is 1.50 bits per heavy atom. The number of carbonyl (C=O) groups is 1. The van der Waals surface area contributed by atoms with E-state index in [9.17, 15) is 4.79 Å². The van der Waals surface area contributed by atoms with Crippen LogP contribution in [0.2, 0.25) is 5.02 Å². The highest BCUT2D eigenvalue weighted by atomic mass is 35.5. The predicted molar refractivity (Wildman–Crippen MR) is 79.1 cm³/mol. The molecule has 0 atom stereocenters. The summed E-state index contributed by atoms with van der Waals surface area (Å²) in [4.78, 5) is 11.9. The number of hydrogen-bond acceptors (Lipinski definition) is 4. The smallest absolute Gasteiger partial charge is 0.234 e. The molecule has 0 aliphatic heterocycles. The summed E-state index contributed by atoms with van der Waals surface area (Å²) in [5.41, 5.74) is 0.701. The lowest BCUT2D eigenvalue weighted by molar-refractivity contribution is -0.113. The summed E-state index contributed by atoms with van der Waals surface area (Å²) in [6.45, 7) is 0. The molecule has 2 aromatic rings. The molecule has 1 amide bonds. The first-order chi connectivity index (χ1) is 9.72. The minimum atomic E-state index is -0.0809. The van der Waals surface area contributed by atoms with Gasteiger partial charge in [-0.2, -0.15) is 0 Å². The Balaban J connectivity index is 1.55. The van der Waals surface area contributed by atoms with E-state index in [-0.39, 0.29) is 5.91 Å². The predicted octanol–water partition coefficient (Wildman–Crippen LogP) is 3.00. The van der Waals surface area contributed by atoms with Gasteiger partial charge in [-0.3, -0.25) is 4.79 Å². The van der Waals surface area contributed by atoms with Crippen LogP contribution in [-0.2, 0) is 4.79 Å². The monoisotopic (exact) mass is 308 g/mol. The van der Waals surface area contributed by atoms with Gasteiger partial charge in [0.1, 0.15) is 6.33 Å². The summed E-state index contributed by atoms with van der Waals surface area (Å²) in [6, 6.07) is 7.61. The largest absolute Gasteiger partial charge is 0.325 e. The van der Waals surface area contributed by atoms with Crippen molar-refractivity contribution in [3.05, 3.63) is 35.6 Å². The fraction of sp³-hybridized carbons (Fsp3) is 0.308. The van der Waals surface area contributed by atoms with Crippen molar-refractivity contribution in [2.75, 3.05) is 11.1 Å². The topological polar surface area (TPSA) is 59.8 Å². The second-order valence-electron chi connectivity index (χ2n) is 4.60. The van der Waals surface area contributed by atoms with Gasteiger partial charge in [-0.05, 0) is 31.0 Å². The van der Waals surface area contributed by atoms with Crippen molar-refractivity contribution in [3.8, 4) is 0 Å². The van der Waals surface area contributed by atoms with E-state index in [2.05, 4.69) is 15.5 Å². The molecule has 5 nitrogen and oxygen atoms in total. The van der Waals surface area contributed by atoms with Crippen molar-refractivity contribution in [2.45, 2.75) is 24.0 Å². The first kappa shape index (κ1) is 13.5. The molecule has 1 aliphatic carbocycles. The van der Waals surface area contributed by atoms with Gasteiger partial charge < -0.3 is 9.88 Å². The molecular formula is C13H13ClN4OS. The molecule has 20 heavy (non-hydrogen) atoms. The van der Waals surface area contributed by atoms with Gasteiger partial charge in [0, 0.05) is 16.8 Å². The third-order valence-electron chi connectivity index (χ3n) is 2.92. The highest BCUT2D eigenvalue weighted by Crippen LogP contribution is 2.37. The van der Waals surface area contributed by atoms with Crippen LogP contribution in [0, 0.1) is 0 Å². The van der Waals surface area contributed by atoms with Crippen LogP contribution < -0.4 is 5.32 Å². The number of halogens is 1. The molecule has 7 heteroatoms. The molecule has 3 rings (SSSR count). The Bertz CT molecular complexity index is 626. The lowest BCUT2D eigenvalue weighted by atomic mass is 10.3. The number of aromatic nitrogens is 3. The zero-order chi connectivity index (χ0) is 13.9. The van der Waals surface area contributed by atoms with Crippen LogP contribution in [0.5, 0.6) is 0 Å². The zero-order valence-electron chi connectivity index (χ0n) is 10.6. The number of carbonyl (C=O) groups excluding carboxylic acids is 1. The van der Waals surface area contributed by atoms with Gasteiger partial charge in [-0.1, -0.05) is 29.4 Å². The zero-order valence-corrected chi connectivity index (χ0v) is 12.2. The lowest BCUT2D eigenvalue weighted by Crippen LogP contribution is -2.14. The van der Waals surface area contributed by atoms with Crippen molar-refractivity contribution < 1.29 is 4.79 Å². The molecular weight excluding hydrogens is 296 g/mol. The molecule has 1 heterocycles. The van der Waals surface area contributed by atoms with Gasteiger partial charge in [-0.15, -0.1) is 10.2 Å². The molecule has 1 aromatic carbocycles. The van der Waals surface area contributed by atoms with Crippen molar-refractivity contribution >= 4 is 35.0 Å². The van der Waals surface area contributed by atoms with E-state index >= 15 is 0 Å². The SMILES string of the molecule is O=C(CSc1nncn1C1CC1)Nc1cccc(Cl)c1. The van der Waals surface area contributed by atoms with Crippen LogP contribution in [0.25, 0.3) is 0 Å². The highest BCUT2D eigenvalue weighted by Gasteiger charge is 2.26. The van der Waals surface area contributed by atoms with Crippen molar-refractivity contribution in [2.24, 2.45) is 0 Å². The molecule has 1 fully saturated rings. The molecule has 104 valence electrons. The molecule has 0 bridgehead atoms. The quantitative estimate of drug-likeness (QED) is 0.863. The first-order valence-electron chi connectivity index (χ1n) is 6.30. The van der Waals surface area contributed by atoms with Gasteiger partial charge in [0.25, 0.3) is 0 Å². The maximum Gasteiger partial charge on any atom is 0.234 e. The van der Waals surface area contributed by atoms with E-state index in [1.165, 1.54) is 24.6 Å². The van der Waals surface area contributed by atoms with E-state index in [0.717, 1.165) is 5.16 Å². The number of hydrogen-bond donors (Lipinski definition) is 1. The summed E-state index contributed by atoms with van der Waals surface area (Å²) in [7, 11) is 0. The average molecular weight is 309 g/mol. The number of rotatable bonds is 5. The van der Waals surface area contributed by atoms with E-state index in [0.29, 0.717) is 22.5 Å². The van der Waals surface area contributed by atoms with Crippen LogP contribution in [0.4, 0.5) is 5.69 Å². The first-order valence-corrected chi connectivity index (χ1v) is 7.66. The Labute approximate surface area is 125 Å². The summed E-state index contributed by atoms with van der Waals surface area (Å²) >= 11 is 7.27.